The fourth-order valence-electron chi connectivity index (χ4n) is 3.99. The van der Waals surface area contributed by atoms with Gasteiger partial charge in [0.05, 0.1) is 11.4 Å². The average Bonchev–Trinajstić information content (AvgIpc) is 3.14. The number of aryl methyl sites for hydroxylation is 1. The Morgan fingerprint density at radius 1 is 1.03 bits per heavy atom. The predicted octanol–water partition coefficient (Wildman–Crippen LogP) is 4.85. The number of hydrogen-bond acceptors (Lipinski definition) is 3. The molecule has 0 saturated carbocycles. The van der Waals surface area contributed by atoms with Gasteiger partial charge in [0.2, 0.25) is 0 Å². The second kappa shape index (κ2) is 8.89. The molecule has 0 spiro atoms. The summed E-state index contributed by atoms with van der Waals surface area (Å²) in [5.74, 6) is 0.427. The van der Waals surface area contributed by atoms with Gasteiger partial charge in [-0.05, 0) is 75.2 Å². The number of benzene rings is 2. The highest BCUT2D eigenvalue weighted by atomic mass is 19.1. The van der Waals surface area contributed by atoms with E-state index in [0.29, 0.717) is 5.92 Å². The number of methoxy groups -OCH3 is 1. The molecule has 1 aliphatic rings. The van der Waals surface area contributed by atoms with Crippen LogP contribution in [0.1, 0.15) is 24.0 Å². The largest absolute Gasteiger partial charge is 0.384 e. The topological polar surface area (TPSA) is 30.3 Å². The molecule has 1 aromatic heterocycles. The van der Waals surface area contributed by atoms with Crippen molar-refractivity contribution in [3.05, 3.63) is 71.7 Å². The summed E-state index contributed by atoms with van der Waals surface area (Å²) in [6.45, 7) is 5.90. The zero-order valence-corrected chi connectivity index (χ0v) is 17.1. The maximum atomic E-state index is 13.4. The number of likely N-dealkylation sites (tertiary alicyclic amines) is 1. The van der Waals surface area contributed by atoms with Gasteiger partial charge in [-0.25, -0.2) is 9.07 Å². The number of ether oxygens (including phenoxy) is 1. The molecule has 0 atom stereocenters. The number of rotatable bonds is 6. The molecule has 4 nitrogen and oxygen atoms in total. The first-order valence-electron chi connectivity index (χ1n) is 10.2. The van der Waals surface area contributed by atoms with E-state index in [0.717, 1.165) is 56.0 Å². The van der Waals surface area contributed by atoms with E-state index in [1.807, 2.05) is 16.8 Å². The summed E-state index contributed by atoms with van der Waals surface area (Å²) in [7, 11) is 1.78. The Bertz CT molecular complexity index is 926. The molecule has 0 aliphatic carbocycles. The summed E-state index contributed by atoms with van der Waals surface area (Å²) < 4.78 is 20.7. The molecule has 1 aliphatic heterocycles. The molecule has 4 rings (SSSR count). The van der Waals surface area contributed by atoms with E-state index < -0.39 is 0 Å². The van der Waals surface area contributed by atoms with Gasteiger partial charge in [0.15, 0.2) is 0 Å². The fourth-order valence-corrected chi connectivity index (χ4v) is 3.99. The first-order chi connectivity index (χ1) is 14.1. The monoisotopic (exact) mass is 393 g/mol. The van der Waals surface area contributed by atoms with Gasteiger partial charge in [-0.15, -0.1) is 0 Å². The summed E-state index contributed by atoms with van der Waals surface area (Å²) in [6, 6.07) is 15.0. The molecule has 3 aromatic rings. The molecule has 1 fully saturated rings. The van der Waals surface area contributed by atoms with Crippen LogP contribution in [0, 0.1) is 18.7 Å². The van der Waals surface area contributed by atoms with E-state index >= 15 is 0 Å². The van der Waals surface area contributed by atoms with Crippen LogP contribution in [0.3, 0.4) is 0 Å². The van der Waals surface area contributed by atoms with Gasteiger partial charge >= 0.3 is 0 Å². The Morgan fingerprint density at radius 2 is 1.72 bits per heavy atom. The van der Waals surface area contributed by atoms with Crippen molar-refractivity contribution in [3.63, 3.8) is 0 Å². The molecule has 0 unspecified atom stereocenters. The average molecular weight is 394 g/mol. The lowest BCUT2D eigenvalue weighted by Gasteiger charge is -2.31. The predicted molar refractivity (Wildman–Crippen MR) is 114 cm³/mol. The van der Waals surface area contributed by atoms with E-state index in [4.69, 9.17) is 9.84 Å². The van der Waals surface area contributed by atoms with Crippen molar-refractivity contribution in [3.8, 4) is 16.9 Å². The Hall–Kier alpha value is -2.50. The molecule has 2 aromatic carbocycles. The molecule has 29 heavy (non-hydrogen) atoms. The van der Waals surface area contributed by atoms with Gasteiger partial charge in [0, 0.05) is 37.6 Å². The highest BCUT2D eigenvalue weighted by Crippen LogP contribution is 2.27. The lowest BCUT2D eigenvalue weighted by atomic mass is 9.97. The third-order valence-corrected chi connectivity index (χ3v) is 5.71. The van der Waals surface area contributed by atoms with Crippen LogP contribution >= 0.6 is 0 Å². The van der Waals surface area contributed by atoms with Crippen molar-refractivity contribution in [2.45, 2.75) is 26.3 Å². The Kier molecular flexibility index (Phi) is 6.07. The van der Waals surface area contributed by atoms with Crippen LogP contribution in [-0.4, -0.2) is 41.5 Å². The fraction of sp³-hybridized carbons (Fsp3) is 0.375. The second-order valence-corrected chi connectivity index (χ2v) is 7.96. The lowest BCUT2D eigenvalue weighted by Crippen LogP contribution is -2.34. The van der Waals surface area contributed by atoms with Gasteiger partial charge in [-0.1, -0.05) is 17.7 Å². The Balaban J connectivity index is 1.60. The van der Waals surface area contributed by atoms with Crippen LogP contribution in [0.15, 0.2) is 54.7 Å². The first-order valence-corrected chi connectivity index (χ1v) is 10.2. The van der Waals surface area contributed by atoms with E-state index in [9.17, 15) is 4.39 Å². The molecule has 0 radical (unpaired) electrons. The van der Waals surface area contributed by atoms with Crippen LogP contribution in [0.2, 0.25) is 0 Å². The molecule has 1 saturated heterocycles. The molecular formula is C24H28FN3O. The maximum absolute atomic E-state index is 13.4. The van der Waals surface area contributed by atoms with E-state index in [1.165, 1.54) is 23.3 Å². The van der Waals surface area contributed by atoms with Crippen molar-refractivity contribution in [2.75, 3.05) is 26.8 Å². The molecular weight excluding hydrogens is 365 g/mol. The maximum Gasteiger partial charge on any atom is 0.123 e. The number of nitrogens with zero attached hydrogens (tertiary/aromatic N) is 3. The molecule has 5 heteroatoms. The van der Waals surface area contributed by atoms with E-state index in [1.54, 1.807) is 7.11 Å². The van der Waals surface area contributed by atoms with Crippen molar-refractivity contribution in [1.82, 2.24) is 14.7 Å². The third-order valence-electron chi connectivity index (χ3n) is 5.71. The summed E-state index contributed by atoms with van der Waals surface area (Å²) in [5, 5.41) is 4.87. The number of hydrogen-bond donors (Lipinski definition) is 0. The zero-order valence-electron chi connectivity index (χ0n) is 17.1. The van der Waals surface area contributed by atoms with Crippen LogP contribution in [0.25, 0.3) is 16.9 Å². The SMILES string of the molecule is COCC1CCN(Cc2cn(-c3ccc(C)cc3)nc2-c2ccc(F)cc2)CC1. The van der Waals surface area contributed by atoms with Gasteiger partial charge in [0.1, 0.15) is 5.82 Å². The first kappa shape index (κ1) is 19.8. The molecule has 152 valence electrons. The molecule has 0 amide bonds. The van der Waals surface area contributed by atoms with E-state index in [-0.39, 0.29) is 5.82 Å². The Labute approximate surface area is 171 Å². The van der Waals surface area contributed by atoms with E-state index in [2.05, 4.69) is 42.3 Å². The minimum atomic E-state index is -0.228. The van der Waals surface area contributed by atoms with Gasteiger partial charge in [-0.2, -0.15) is 5.10 Å². The zero-order chi connectivity index (χ0) is 20.2. The highest BCUT2D eigenvalue weighted by Gasteiger charge is 2.21. The van der Waals surface area contributed by atoms with Crippen molar-refractivity contribution < 1.29 is 9.13 Å². The summed E-state index contributed by atoms with van der Waals surface area (Å²) in [6.07, 6.45) is 4.43. The minimum Gasteiger partial charge on any atom is -0.384 e. The van der Waals surface area contributed by atoms with Crippen LogP contribution < -0.4 is 0 Å². The van der Waals surface area contributed by atoms with Crippen LogP contribution in [0.5, 0.6) is 0 Å². The Morgan fingerprint density at radius 3 is 2.38 bits per heavy atom. The lowest BCUT2D eigenvalue weighted by molar-refractivity contribution is 0.0969. The summed E-state index contributed by atoms with van der Waals surface area (Å²) >= 11 is 0. The molecule has 0 N–H and O–H groups in total. The molecule has 2 heterocycles. The number of piperidine rings is 1. The standard InChI is InChI=1S/C24H28FN3O/c1-18-3-9-23(10-4-18)28-16-21(15-27-13-11-19(12-14-27)17-29-2)24(26-28)20-5-7-22(25)8-6-20/h3-10,16,19H,11-15,17H2,1-2H3. The third kappa shape index (κ3) is 4.74. The minimum absolute atomic E-state index is 0.228. The second-order valence-electron chi connectivity index (χ2n) is 7.96. The summed E-state index contributed by atoms with van der Waals surface area (Å²) in [5.41, 5.74) is 5.29. The summed E-state index contributed by atoms with van der Waals surface area (Å²) in [4.78, 5) is 2.48. The smallest absolute Gasteiger partial charge is 0.123 e. The number of aromatic nitrogens is 2. The normalized spacial score (nSPS) is 15.7. The van der Waals surface area contributed by atoms with Crippen LogP contribution in [0.4, 0.5) is 4.39 Å². The van der Waals surface area contributed by atoms with Gasteiger partial charge < -0.3 is 4.74 Å². The quantitative estimate of drug-likeness (QED) is 0.600. The van der Waals surface area contributed by atoms with Crippen LogP contribution in [-0.2, 0) is 11.3 Å². The van der Waals surface area contributed by atoms with Crippen molar-refractivity contribution >= 4 is 0 Å². The molecule has 0 bridgehead atoms. The van der Waals surface area contributed by atoms with Gasteiger partial charge in [0.25, 0.3) is 0 Å². The highest BCUT2D eigenvalue weighted by molar-refractivity contribution is 5.63. The number of halogens is 1. The van der Waals surface area contributed by atoms with Crippen molar-refractivity contribution in [2.24, 2.45) is 5.92 Å². The van der Waals surface area contributed by atoms with Gasteiger partial charge in [-0.3, -0.25) is 4.90 Å². The van der Waals surface area contributed by atoms with Crippen molar-refractivity contribution in [1.29, 1.82) is 0 Å².